The molecule has 0 amide bonds. The van der Waals surface area contributed by atoms with E-state index in [0.717, 1.165) is 16.7 Å². The van der Waals surface area contributed by atoms with Gasteiger partial charge in [0, 0.05) is 23.3 Å². The molecule has 5 nitrogen and oxygen atoms in total. The Morgan fingerprint density at radius 3 is 3.00 bits per heavy atom. The van der Waals surface area contributed by atoms with Crippen molar-refractivity contribution in [2.24, 2.45) is 0 Å². The number of rotatable bonds is 7. The van der Waals surface area contributed by atoms with E-state index in [4.69, 9.17) is 16.3 Å². The molecule has 0 atom stereocenters. The minimum Gasteiger partial charge on any atom is -0.490 e. The van der Waals surface area contributed by atoms with Gasteiger partial charge in [0.2, 0.25) is 0 Å². The summed E-state index contributed by atoms with van der Waals surface area (Å²) < 4.78 is 8.36. The second-order valence-electron chi connectivity index (χ2n) is 4.93. The highest BCUT2D eigenvalue weighted by Crippen LogP contribution is 2.27. The number of ether oxygens (including phenoxy) is 1. The lowest BCUT2D eigenvalue weighted by molar-refractivity contribution is 0.289. The van der Waals surface area contributed by atoms with Crippen LogP contribution in [0.2, 0.25) is 5.02 Å². The largest absolute Gasteiger partial charge is 0.490 e. The topological polar surface area (TPSA) is 52.0 Å². The summed E-state index contributed by atoms with van der Waals surface area (Å²) in [5.41, 5.74) is 0.921. The number of benzene rings is 1. The quantitative estimate of drug-likeness (QED) is 0.809. The molecule has 0 spiro atoms. The van der Waals surface area contributed by atoms with Crippen LogP contribution in [0.4, 0.5) is 0 Å². The van der Waals surface area contributed by atoms with Crippen molar-refractivity contribution in [3.8, 4) is 5.75 Å². The van der Waals surface area contributed by atoms with Crippen LogP contribution >= 0.6 is 27.5 Å². The summed E-state index contributed by atoms with van der Waals surface area (Å²) in [6.45, 7) is 6.02. The lowest BCUT2D eigenvalue weighted by Crippen LogP contribution is -2.21. The third-order valence-corrected chi connectivity index (χ3v) is 3.55. The Morgan fingerprint density at radius 1 is 1.43 bits per heavy atom. The molecule has 1 aromatic carbocycles. The molecule has 0 aliphatic carbocycles. The first-order chi connectivity index (χ1) is 10.0. The first-order valence-electron chi connectivity index (χ1n) is 6.75. The second kappa shape index (κ2) is 7.77. The first kappa shape index (κ1) is 16.3. The Balaban J connectivity index is 1.82. The maximum absolute atomic E-state index is 6.06. The smallest absolute Gasteiger partial charge is 0.139 e. The van der Waals surface area contributed by atoms with Gasteiger partial charge in [-0.25, -0.2) is 4.68 Å². The van der Waals surface area contributed by atoms with Gasteiger partial charge in [-0.3, -0.25) is 0 Å². The molecule has 1 N–H and O–H groups in total. The van der Waals surface area contributed by atoms with Crippen molar-refractivity contribution in [2.45, 2.75) is 33.0 Å². The fourth-order valence-electron chi connectivity index (χ4n) is 1.67. The Bertz CT molecular complexity index is 588. The third-order valence-electron chi connectivity index (χ3n) is 2.75. The summed E-state index contributed by atoms with van der Waals surface area (Å²) in [4.78, 5) is 0. The summed E-state index contributed by atoms with van der Waals surface area (Å²) in [6.07, 6.45) is 1.92. The molecule has 114 valence electrons. The van der Waals surface area contributed by atoms with Crippen LogP contribution in [0.15, 0.2) is 28.9 Å². The van der Waals surface area contributed by atoms with E-state index in [0.29, 0.717) is 30.0 Å². The van der Waals surface area contributed by atoms with Crippen LogP contribution in [0, 0.1) is 0 Å². The molecule has 0 saturated heterocycles. The van der Waals surface area contributed by atoms with Crippen LogP contribution in [-0.4, -0.2) is 27.6 Å². The van der Waals surface area contributed by atoms with E-state index < -0.39 is 0 Å². The molecule has 0 bridgehead atoms. The zero-order valence-corrected chi connectivity index (χ0v) is 14.4. The van der Waals surface area contributed by atoms with Gasteiger partial charge in [-0.1, -0.05) is 46.6 Å². The predicted octanol–water partition coefficient (Wildman–Crippen LogP) is 3.27. The van der Waals surface area contributed by atoms with E-state index in [2.05, 4.69) is 45.4 Å². The van der Waals surface area contributed by atoms with Crippen molar-refractivity contribution in [1.29, 1.82) is 0 Å². The maximum atomic E-state index is 6.06. The predicted molar refractivity (Wildman–Crippen MR) is 86.6 cm³/mol. The van der Waals surface area contributed by atoms with E-state index in [1.807, 2.05) is 18.3 Å². The molecule has 0 aliphatic heterocycles. The summed E-state index contributed by atoms with van der Waals surface area (Å²) in [5.74, 6) is 0.660. The Morgan fingerprint density at radius 2 is 2.24 bits per heavy atom. The minimum absolute atomic E-state index is 0.428. The zero-order chi connectivity index (χ0) is 15.2. The lowest BCUT2D eigenvalue weighted by Gasteiger charge is -2.08. The number of hydrogen-bond acceptors (Lipinski definition) is 4. The Kier molecular flexibility index (Phi) is 6.02. The van der Waals surface area contributed by atoms with E-state index >= 15 is 0 Å². The van der Waals surface area contributed by atoms with Crippen LogP contribution in [0.1, 0.15) is 19.5 Å². The fraction of sp³-hybridized carbons (Fsp3) is 0.429. The van der Waals surface area contributed by atoms with Gasteiger partial charge in [0.05, 0.1) is 17.3 Å². The summed E-state index contributed by atoms with van der Waals surface area (Å²) >= 11 is 9.46. The van der Waals surface area contributed by atoms with Crippen LogP contribution in [0.5, 0.6) is 5.75 Å². The van der Waals surface area contributed by atoms with Gasteiger partial charge in [0.25, 0.3) is 0 Å². The van der Waals surface area contributed by atoms with Gasteiger partial charge in [0.1, 0.15) is 12.4 Å². The molecule has 21 heavy (non-hydrogen) atoms. The highest BCUT2D eigenvalue weighted by atomic mass is 79.9. The van der Waals surface area contributed by atoms with E-state index in [9.17, 15) is 0 Å². The Labute approximate surface area is 137 Å². The van der Waals surface area contributed by atoms with Crippen molar-refractivity contribution in [3.63, 3.8) is 0 Å². The molecule has 0 unspecified atom stereocenters. The molecule has 1 heterocycles. The molecule has 1 aromatic heterocycles. The molecule has 0 fully saturated rings. The number of hydrogen-bond donors (Lipinski definition) is 1. The molecular weight excluding hydrogens is 356 g/mol. The summed E-state index contributed by atoms with van der Waals surface area (Å²) in [5, 5.41) is 12.1. The van der Waals surface area contributed by atoms with Gasteiger partial charge in [-0.05, 0) is 18.2 Å². The molecule has 2 rings (SSSR count). The average Bonchev–Trinajstić information content (AvgIpc) is 2.88. The van der Waals surface area contributed by atoms with Crippen molar-refractivity contribution in [1.82, 2.24) is 20.3 Å². The van der Waals surface area contributed by atoms with Crippen molar-refractivity contribution < 1.29 is 4.74 Å². The maximum Gasteiger partial charge on any atom is 0.139 e. The van der Waals surface area contributed by atoms with Gasteiger partial charge in [-0.15, -0.1) is 5.10 Å². The highest BCUT2D eigenvalue weighted by Gasteiger charge is 2.04. The fourth-order valence-corrected chi connectivity index (χ4v) is 2.19. The minimum atomic E-state index is 0.428. The normalized spacial score (nSPS) is 11.1. The molecule has 0 radical (unpaired) electrons. The average molecular weight is 374 g/mol. The molecular formula is C14H18BrClN4O. The van der Waals surface area contributed by atoms with Crippen molar-refractivity contribution >= 4 is 27.5 Å². The van der Waals surface area contributed by atoms with Crippen LogP contribution in [0.25, 0.3) is 0 Å². The summed E-state index contributed by atoms with van der Waals surface area (Å²) in [6, 6.07) is 5.95. The van der Waals surface area contributed by atoms with Gasteiger partial charge >= 0.3 is 0 Å². The van der Waals surface area contributed by atoms with Crippen LogP contribution in [-0.2, 0) is 13.1 Å². The Hall–Kier alpha value is -1.11. The number of halogens is 2. The van der Waals surface area contributed by atoms with Gasteiger partial charge in [0.15, 0.2) is 0 Å². The van der Waals surface area contributed by atoms with Crippen molar-refractivity contribution in [3.05, 3.63) is 39.6 Å². The second-order valence-corrected chi connectivity index (χ2v) is 6.25. The van der Waals surface area contributed by atoms with Gasteiger partial charge < -0.3 is 10.1 Å². The first-order valence-corrected chi connectivity index (χ1v) is 7.92. The molecule has 2 aromatic rings. The van der Waals surface area contributed by atoms with Crippen LogP contribution in [0.3, 0.4) is 0 Å². The molecule has 7 heteroatoms. The molecule has 0 saturated carbocycles. The third kappa shape index (κ3) is 5.30. The monoisotopic (exact) mass is 372 g/mol. The number of nitrogens with one attached hydrogen (secondary N) is 1. The van der Waals surface area contributed by atoms with E-state index in [-0.39, 0.29) is 0 Å². The van der Waals surface area contributed by atoms with E-state index in [1.165, 1.54) is 0 Å². The van der Waals surface area contributed by atoms with E-state index in [1.54, 1.807) is 10.7 Å². The number of aromatic nitrogens is 3. The van der Waals surface area contributed by atoms with Gasteiger partial charge in [-0.2, -0.15) is 0 Å². The lowest BCUT2D eigenvalue weighted by atomic mass is 10.3. The standard InChI is InChI=1S/C14H18BrClN4O/c1-10(2)17-8-12-9-20(19-18-12)5-6-21-14-7-11(15)3-4-13(14)16/h3-4,7,9-10,17H,5-6,8H2,1-2H3. The SMILES string of the molecule is CC(C)NCc1cn(CCOc2cc(Br)ccc2Cl)nn1. The number of nitrogens with zero attached hydrogens (tertiary/aromatic N) is 3. The summed E-state index contributed by atoms with van der Waals surface area (Å²) in [7, 11) is 0. The van der Waals surface area contributed by atoms with Crippen LogP contribution < -0.4 is 10.1 Å². The zero-order valence-electron chi connectivity index (χ0n) is 12.0. The van der Waals surface area contributed by atoms with Crippen molar-refractivity contribution in [2.75, 3.05) is 6.61 Å². The molecule has 0 aliphatic rings. The highest BCUT2D eigenvalue weighted by molar-refractivity contribution is 9.10.